The maximum Gasteiger partial charge on any atom is 0.154 e. The smallest absolute Gasteiger partial charge is 0.154 e. The highest BCUT2D eigenvalue weighted by atomic mass is 79.9. The van der Waals surface area contributed by atoms with E-state index in [4.69, 9.17) is 21.6 Å². The topological polar surface area (TPSA) is 42.2 Å². The first kappa shape index (κ1) is 29.5. The molecule has 0 aliphatic rings. The zero-order valence-electron chi connectivity index (χ0n) is 19.4. The molecule has 3 aromatic rings. The lowest BCUT2D eigenvalue weighted by atomic mass is 10.1. The van der Waals surface area contributed by atoms with Crippen LogP contribution in [0, 0.1) is 0 Å². The molecule has 9 heteroatoms. The highest BCUT2D eigenvalue weighted by molar-refractivity contribution is 9.11. The fourth-order valence-corrected chi connectivity index (χ4v) is 6.43. The zero-order chi connectivity index (χ0) is 24.0. The summed E-state index contributed by atoms with van der Waals surface area (Å²) in [6, 6.07) is 10.1. The molecule has 2 N–H and O–H groups in total. The van der Waals surface area contributed by atoms with Gasteiger partial charge in [-0.2, -0.15) is 0 Å². The van der Waals surface area contributed by atoms with Gasteiger partial charge in [0.2, 0.25) is 0 Å². The van der Waals surface area contributed by atoms with Crippen molar-refractivity contribution >= 4 is 88.3 Å². The number of quaternary nitrogens is 1. The fraction of sp³-hybridized carbons (Fsp3) is 0.360. The van der Waals surface area contributed by atoms with Crippen molar-refractivity contribution in [2.75, 3.05) is 25.0 Å². The Kier molecular flexibility index (Phi) is 12.3. The van der Waals surface area contributed by atoms with Crippen molar-refractivity contribution in [1.82, 2.24) is 9.97 Å². The van der Waals surface area contributed by atoms with Gasteiger partial charge in [-0.15, -0.1) is 0 Å². The average molecular weight is 696 g/mol. The molecule has 1 heterocycles. The van der Waals surface area contributed by atoms with Crippen molar-refractivity contribution in [3.05, 3.63) is 60.2 Å². The van der Waals surface area contributed by atoms with E-state index in [0.29, 0.717) is 16.9 Å². The number of fused-ring (bicyclic) bond motifs is 1. The van der Waals surface area contributed by atoms with Crippen molar-refractivity contribution in [2.24, 2.45) is 0 Å². The van der Waals surface area contributed by atoms with Crippen LogP contribution in [0.15, 0.2) is 43.7 Å². The highest BCUT2D eigenvalue weighted by Gasteiger charge is 2.12. The van der Waals surface area contributed by atoms with Gasteiger partial charge in [-0.1, -0.05) is 59.4 Å². The van der Waals surface area contributed by atoms with Gasteiger partial charge in [-0.3, -0.25) is 0 Å². The molecule has 4 nitrogen and oxygen atoms in total. The zero-order valence-corrected chi connectivity index (χ0v) is 25.7. The Balaban J connectivity index is 0.00000408. The molecule has 0 saturated carbocycles. The number of hydrogen-bond donors (Lipinski definition) is 2. The lowest BCUT2D eigenvalue weighted by Crippen LogP contribution is -3.11. The van der Waals surface area contributed by atoms with Gasteiger partial charge in [0.15, 0.2) is 5.82 Å². The van der Waals surface area contributed by atoms with E-state index in [1.807, 2.05) is 42.5 Å². The van der Waals surface area contributed by atoms with Crippen LogP contribution >= 0.6 is 59.4 Å². The number of benzene rings is 2. The Morgan fingerprint density at radius 2 is 1.71 bits per heavy atom. The molecule has 0 radical (unpaired) electrons. The molecule has 0 aliphatic heterocycles. The van der Waals surface area contributed by atoms with E-state index in [1.54, 1.807) is 4.90 Å². The third-order valence-corrected chi connectivity index (χ3v) is 7.67. The highest BCUT2D eigenvalue weighted by Crippen LogP contribution is 2.31. The van der Waals surface area contributed by atoms with Crippen LogP contribution in [0.2, 0.25) is 5.02 Å². The quantitative estimate of drug-likeness (QED) is 0.334. The van der Waals surface area contributed by atoms with Crippen LogP contribution in [-0.2, 0) is 0 Å². The summed E-state index contributed by atoms with van der Waals surface area (Å²) >= 11 is 17.0. The van der Waals surface area contributed by atoms with Crippen LogP contribution in [0.5, 0.6) is 0 Å². The number of anilines is 1. The van der Waals surface area contributed by atoms with Crippen molar-refractivity contribution in [1.29, 1.82) is 0 Å². The molecule has 3 rings (SSSR count). The third kappa shape index (κ3) is 8.17. The Hall–Kier alpha value is -0.700. The first-order valence-corrected chi connectivity index (χ1v) is 14.0. The van der Waals surface area contributed by atoms with Crippen LogP contribution in [0.3, 0.4) is 0 Å². The second kappa shape index (κ2) is 14.1. The van der Waals surface area contributed by atoms with Crippen LogP contribution in [0.4, 0.5) is 5.82 Å². The van der Waals surface area contributed by atoms with Gasteiger partial charge in [0.1, 0.15) is 5.82 Å². The molecule has 0 fully saturated rings. The van der Waals surface area contributed by atoms with Crippen LogP contribution in [-0.4, -0.2) is 35.6 Å². The minimum Gasteiger partial charge on any atom is -1.00 e. The molecule has 0 bridgehead atoms. The van der Waals surface area contributed by atoms with Crippen LogP contribution in [0.1, 0.15) is 45.0 Å². The molecular weight excluding hydrogens is 667 g/mol. The fourth-order valence-electron chi connectivity index (χ4n) is 3.74. The van der Waals surface area contributed by atoms with Crippen LogP contribution < -0.4 is 22.6 Å². The van der Waals surface area contributed by atoms with Gasteiger partial charge in [0.05, 0.1) is 25.2 Å². The van der Waals surface area contributed by atoms with Crippen molar-refractivity contribution in [2.45, 2.75) is 39.7 Å². The van der Waals surface area contributed by atoms with Crippen molar-refractivity contribution in [3.63, 3.8) is 0 Å². The normalized spacial score (nSPS) is 12.4. The molecular formula is C25H29Br3Cl2N4. The van der Waals surface area contributed by atoms with Gasteiger partial charge in [0.25, 0.3) is 0 Å². The third-order valence-electron chi connectivity index (χ3n) is 5.67. The number of aromatic nitrogens is 2. The molecule has 0 spiro atoms. The summed E-state index contributed by atoms with van der Waals surface area (Å²) in [5.41, 5.74) is 1.85. The van der Waals surface area contributed by atoms with Crippen molar-refractivity contribution < 1.29 is 17.3 Å². The van der Waals surface area contributed by atoms with Gasteiger partial charge in [0, 0.05) is 35.4 Å². The predicted molar refractivity (Wildman–Crippen MR) is 152 cm³/mol. The Labute approximate surface area is 238 Å². The van der Waals surface area contributed by atoms with Gasteiger partial charge in [-0.25, -0.2) is 9.97 Å². The first-order chi connectivity index (χ1) is 15.8. The Morgan fingerprint density at radius 3 is 2.35 bits per heavy atom. The molecule has 184 valence electrons. The summed E-state index contributed by atoms with van der Waals surface area (Å²) < 4.78 is 2.95. The lowest BCUT2D eigenvalue weighted by molar-refractivity contribution is -0.896. The summed E-state index contributed by atoms with van der Waals surface area (Å²) in [6.45, 7) is 10.3. The summed E-state index contributed by atoms with van der Waals surface area (Å²) in [5.74, 6) is 1.47. The van der Waals surface area contributed by atoms with Gasteiger partial charge in [-0.05, 0) is 76.1 Å². The molecule has 0 saturated heterocycles. The predicted octanol–water partition coefficient (Wildman–Crippen LogP) is 4.25. The standard InChI is InChI=1S/C25H28Br3ClN4.ClH/c1-4-33(5-2)12-6-7-16(3)30-25-20-9-8-18(29)15-23(20)31-24(32-25)11-10-19-21(27)13-17(26)14-22(19)28;/h8-11,13-16H,4-7,12H2,1-3H3,(H,30,31,32);1H/b11-10+;. The second-order valence-corrected chi connectivity index (χ2v) is 11.2. The second-order valence-electron chi connectivity index (χ2n) is 8.10. The monoisotopic (exact) mass is 692 g/mol. The number of halogens is 5. The molecule has 1 atom stereocenters. The minimum absolute atomic E-state index is 0. The molecule has 0 amide bonds. The average Bonchev–Trinajstić information content (AvgIpc) is 2.75. The summed E-state index contributed by atoms with van der Waals surface area (Å²) in [4.78, 5) is 11.2. The molecule has 1 unspecified atom stereocenters. The number of nitrogens with zero attached hydrogens (tertiary/aromatic N) is 2. The number of hydrogen-bond acceptors (Lipinski definition) is 3. The van der Waals surface area contributed by atoms with E-state index in [-0.39, 0.29) is 12.4 Å². The number of nitrogens with one attached hydrogen (secondary N) is 2. The van der Waals surface area contributed by atoms with E-state index < -0.39 is 0 Å². The molecule has 0 aliphatic carbocycles. The van der Waals surface area contributed by atoms with E-state index in [2.05, 4.69) is 73.9 Å². The van der Waals surface area contributed by atoms with E-state index in [9.17, 15) is 0 Å². The summed E-state index contributed by atoms with van der Waals surface area (Å²) in [5, 5.41) is 5.26. The number of rotatable bonds is 10. The molecule has 1 aromatic heterocycles. The summed E-state index contributed by atoms with van der Waals surface area (Å²) in [7, 11) is 0. The SMILES string of the molecule is CC[NH+](CC)CCCC(C)Nc1nc(/C=C/c2c(Br)cc(Br)cc2Br)nc2cc(Cl)ccc12.[Cl-]. The van der Waals surface area contributed by atoms with E-state index in [0.717, 1.165) is 42.1 Å². The van der Waals surface area contributed by atoms with Gasteiger partial charge < -0.3 is 22.6 Å². The molecule has 34 heavy (non-hydrogen) atoms. The summed E-state index contributed by atoms with van der Waals surface area (Å²) in [6.07, 6.45) is 6.20. The van der Waals surface area contributed by atoms with E-state index in [1.165, 1.54) is 26.1 Å². The molecule has 2 aromatic carbocycles. The van der Waals surface area contributed by atoms with Crippen LogP contribution in [0.25, 0.3) is 23.1 Å². The first-order valence-electron chi connectivity index (χ1n) is 11.2. The Bertz CT molecular complexity index is 1110. The lowest BCUT2D eigenvalue weighted by Gasteiger charge is -2.19. The maximum absolute atomic E-state index is 6.27. The Morgan fingerprint density at radius 1 is 1.03 bits per heavy atom. The largest absolute Gasteiger partial charge is 1.00 e. The van der Waals surface area contributed by atoms with E-state index >= 15 is 0 Å². The van der Waals surface area contributed by atoms with Gasteiger partial charge >= 0.3 is 0 Å². The minimum atomic E-state index is 0. The van der Waals surface area contributed by atoms with Crippen molar-refractivity contribution in [3.8, 4) is 0 Å². The maximum atomic E-state index is 6.27.